The van der Waals surface area contributed by atoms with Crippen molar-refractivity contribution in [3.05, 3.63) is 10.1 Å². The van der Waals surface area contributed by atoms with Crippen LogP contribution >= 0.6 is 22.6 Å². The fraction of sp³-hybridized carbons (Fsp3) is 0.875. The molecule has 0 N–H and O–H groups in total. The topological polar surface area (TPSA) is 69.4 Å². The van der Waals surface area contributed by atoms with E-state index in [1.165, 1.54) is 7.11 Å². The monoisotopic (exact) mass is 313 g/mol. The molecule has 0 aromatic heterocycles. The lowest BCUT2D eigenvalue weighted by molar-refractivity contribution is -0.527. The molecule has 0 amide bonds. The lowest BCUT2D eigenvalue weighted by atomic mass is 9.86. The molecule has 0 aromatic carbocycles. The molecule has 0 aliphatic heterocycles. The zero-order valence-electron chi connectivity index (χ0n) is 7.81. The van der Waals surface area contributed by atoms with Gasteiger partial charge in [0.2, 0.25) is 6.04 Å². The third-order valence-corrected chi connectivity index (χ3v) is 4.03. The van der Waals surface area contributed by atoms with Gasteiger partial charge in [0.25, 0.3) is 0 Å². The van der Waals surface area contributed by atoms with Gasteiger partial charge < -0.3 is 4.74 Å². The average molecular weight is 313 g/mol. The van der Waals surface area contributed by atoms with Crippen LogP contribution in [0.4, 0.5) is 0 Å². The van der Waals surface area contributed by atoms with Crippen LogP contribution in [-0.2, 0) is 9.53 Å². The first-order valence-electron chi connectivity index (χ1n) is 4.41. The lowest BCUT2D eigenvalue weighted by Crippen LogP contribution is -2.37. The van der Waals surface area contributed by atoms with Gasteiger partial charge >= 0.3 is 5.97 Å². The number of hydrogen-bond donors (Lipinski definition) is 0. The maximum absolute atomic E-state index is 11.3. The molecule has 1 rings (SSSR count). The lowest BCUT2D eigenvalue weighted by Gasteiger charge is -2.26. The minimum Gasteiger partial charge on any atom is -0.469 e. The summed E-state index contributed by atoms with van der Waals surface area (Å²) in [5.41, 5.74) is 0. The maximum Gasteiger partial charge on any atom is 0.309 e. The number of carbonyl (C=O) groups is 1. The number of alkyl halides is 1. The Morgan fingerprint density at radius 3 is 2.71 bits per heavy atom. The molecule has 1 saturated carbocycles. The molecule has 1 aliphatic rings. The van der Waals surface area contributed by atoms with E-state index in [2.05, 4.69) is 27.3 Å². The summed E-state index contributed by atoms with van der Waals surface area (Å²) < 4.78 is 4.79. The number of nitro groups is 1. The van der Waals surface area contributed by atoms with Gasteiger partial charge in [0.05, 0.1) is 13.0 Å². The van der Waals surface area contributed by atoms with E-state index in [0.717, 1.165) is 0 Å². The molecule has 0 bridgehead atoms. The SMILES string of the molecule is COC(=O)C1CC([N+](=O)[O-])CCC1I. The number of ether oxygens (including phenoxy) is 1. The molecule has 0 spiro atoms. The van der Waals surface area contributed by atoms with E-state index in [0.29, 0.717) is 19.3 Å². The minimum atomic E-state index is -0.579. The van der Waals surface area contributed by atoms with Crippen LogP contribution in [0.5, 0.6) is 0 Å². The molecule has 0 saturated heterocycles. The molecule has 5 nitrogen and oxygen atoms in total. The molecular weight excluding hydrogens is 301 g/mol. The van der Waals surface area contributed by atoms with Crippen molar-refractivity contribution in [3.8, 4) is 0 Å². The van der Waals surface area contributed by atoms with E-state index in [9.17, 15) is 14.9 Å². The Labute approximate surface area is 95.5 Å². The number of rotatable bonds is 2. The fourth-order valence-electron chi connectivity index (χ4n) is 1.70. The fourth-order valence-corrected chi connectivity index (χ4v) is 2.64. The molecule has 0 heterocycles. The molecule has 3 unspecified atom stereocenters. The Bertz CT molecular complexity index is 245. The largest absolute Gasteiger partial charge is 0.469 e. The highest BCUT2D eigenvalue weighted by molar-refractivity contribution is 14.1. The predicted octanol–water partition coefficient (Wildman–Crippen LogP) is 1.41. The number of halogens is 1. The van der Waals surface area contributed by atoms with Gasteiger partial charge in [-0.1, -0.05) is 22.6 Å². The first-order chi connectivity index (χ1) is 6.56. The smallest absolute Gasteiger partial charge is 0.309 e. The molecule has 80 valence electrons. The van der Waals surface area contributed by atoms with Crippen molar-refractivity contribution in [2.75, 3.05) is 7.11 Å². The van der Waals surface area contributed by atoms with Crippen LogP contribution in [0.1, 0.15) is 19.3 Å². The van der Waals surface area contributed by atoms with E-state index in [1.54, 1.807) is 0 Å². The summed E-state index contributed by atoms with van der Waals surface area (Å²) in [7, 11) is 1.32. The van der Waals surface area contributed by atoms with Crippen LogP contribution in [-0.4, -0.2) is 28.0 Å². The van der Waals surface area contributed by atoms with Gasteiger partial charge in [-0.15, -0.1) is 0 Å². The van der Waals surface area contributed by atoms with Crippen LogP contribution in [0.25, 0.3) is 0 Å². The zero-order valence-corrected chi connectivity index (χ0v) is 9.97. The summed E-state index contributed by atoms with van der Waals surface area (Å²) in [6.45, 7) is 0. The van der Waals surface area contributed by atoms with Gasteiger partial charge in [-0.3, -0.25) is 14.9 Å². The van der Waals surface area contributed by atoms with Gasteiger partial charge in [0.15, 0.2) is 0 Å². The van der Waals surface area contributed by atoms with Crippen molar-refractivity contribution >= 4 is 28.6 Å². The molecule has 14 heavy (non-hydrogen) atoms. The molecule has 6 heteroatoms. The summed E-state index contributed by atoms with van der Waals surface area (Å²) in [5, 5.41) is 10.6. The zero-order chi connectivity index (χ0) is 10.7. The number of methoxy groups -OCH3 is 1. The number of carbonyl (C=O) groups excluding carboxylic acids is 1. The van der Waals surface area contributed by atoms with Crippen molar-refractivity contribution < 1.29 is 14.5 Å². The molecule has 3 atom stereocenters. The van der Waals surface area contributed by atoms with Gasteiger partial charge in [-0.25, -0.2) is 0 Å². The first kappa shape index (κ1) is 11.7. The Morgan fingerprint density at radius 1 is 1.57 bits per heavy atom. The maximum atomic E-state index is 11.3. The Balaban J connectivity index is 2.64. The molecule has 1 fully saturated rings. The second kappa shape index (κ2) is 4.90. The van der Waals surface area contributed by atoms with Crippen LogP contribution in [0.2, 0.25) is 0 Å². The molecule has 0 radical (unpaired) electrons. The number of nitrogens with zero attached hydrogens (tertiary/aromatic N) is 1. The second-order valence-electron chi connectivity index (χ2n) is 3.40. The summed E-state index contributed by atoms with van der Waals surface area (Å²) in [6, 6.07) is -0.579. The third kappa shape index (κ3) is 2.55. The van der Waals surface area contributed by atoms with Gasteiger partial charge in [-0.05, 0) is 6.42 Å². The van der Waals surface area contributed by atoms with Crippen LogP contribution in [0.15, 0.2) is 0 Å². The highest BCUT2D eigenvalue weighted by atomic mass is 127. The summed E-state index contributed by atoms with van der Waals surface area (Å²) in [4.78, 5) is 21.6. The van der Waals surface area contributed by atoms with E-state index in [1.807, 2.05) is 0 Å². The van der Waals surface area contributed by atoms with E-state index in [-0.39, 0.29) is 20.7 Å². The second-order valence-corrected chi connectivity index (χ2v) is 5.00. The van der Waals surface area contributed by atoms with Crippen LogP contribution in [0, 0.1) is 16.0 Å². The average Bonchev–Trinajstić information content (AvgIpc) is 2.17. The van der Waals surface area contributed by atoms with E-state index in [4.69, 9.17) is 0 Å². The standard InChI is InChI=1S/C8H12INO4/c1-14-8(11)6-4-5(10(12)13)2-3-7(6)9/h5-7H,2-4H2,1H3. The summed E-state index contributed by atoms with van der Waals surface area (Å²) >= 11 is 2.17. The van der Waals surface area contributed by atoms with E-state index < -0.39 is 6.04 Å². The van der Waals surface area contributed by atoms with Crippen molar-refractivity contribution in [1.29, 1.82) is 0 Å². The summed E-state index contributed by atoms with van der Waals surface area (Å²) in [5.74, 6) is -0.638. The summed E-state index contributed by atoms with van der Waals surface area (Å²) in [6.07, 6.45) is 1.59. The third-order valence-electron chi connectivity index (χ3n) is 2.54. The highest BCUT2D eigenvalue weighted by Gasteiger charge is 2.39. The molecule has 0 aromatic rings. The molecule has 1 aliphatic carbocycles. The Hall–Kier alpha value is -0.400. The molecular formula is C8H12INO4. The van der Waals surface area contributed by atoms with Crippen molar-refractivity contribution in [2.24, 2.45) is 5.92 Å². The van der Waals surface area contributed by atoms with E-state index >= 15 is 0 Å². The van der Waals surface area contributed by atoms with Crippen molar-refractivity contribution in [3.63, 3.8) is 0 Å². The highest BCUT2D eigenvalue weighted by Crippen LogP contribution is 2.32. The van der Waals surface area contributed by atoms with Gasteiger partial charge in [0.1, 0.15) is 0 Å². The normalized spacial score (nSPS) is 32.3. The van der Waals surface area contributed by atoms with Crippen molar-refractivity contribution in [2.45, 2.75) is 29.2 Å². The van der Waals surface area contributed by atoms with Crippen molar-refractivity contribution in [1.82, 2.24) is 0 Å². The predicted molar refractivity (Wildman–Crippen MR) is 57.9 cm³/mol. The Kier molecular flexibility index (Phi) is 4.09. The first-order valence-corrected chi connectivity index (χ1v) is 5.66. The number of hydrogen-bond acceptors (Lipinski definition) is 4. The van der Waals surface area contributed by atoms with Gasteiger partial charge in [0, 0.05) is 21.7 Å². The van der Waals surface area contributed by atoms with Crippen LogP contribution < -0.4 is 0 Å². The number of esters is 1. The Morgan fingerprint density at radius 2 is 2.21 bits per heavy atom. The van der Waals surface area contributed by atoms with Crippen LogP contribution in [0.3, 0.4) is 0 Å². The quantitative estimate of drug-likeness (QED) is 0.254. The minimum absolute atomic E-state index is 0.163. The van der Waals surface area contributed by atoms with Gasteiger partial charge in [-0.2, -0.15) is 0 Å².